The lowest BCUT2D eigenvalue weighted by Crippen LogP contribution is -2.43. The number of aliphatic hydroxyl groups is 1. The van der Waals surface area contributed by atoms with E-state index < -0.39 is 29.8 Å². The number of ether oxygens (including phenoxy) is 1. The number of carboxylic acids is 1. The SMILES string of the molecule is CC(C)(C)OC(=O)NC(Cc1ccc(-c2ccccc2)cc1)CC(O)C(=O)O. The van der Waals surface area contributed by atoms with Gasteiger partial charge in [0, 0.05) is 12.5 Å². The summed E-state index contributed by atoms with van der Waals surface area (Å²) in [6, 6.07) is 17.2. The van der Waals surface area contributed by atoms with E-state index in [1.165, 1.54) is 0 Å². The quantitative estimate of drug-likeness (QED) is 0.676. The first-order chi connectivity index (χ1) is 13.1. The monoisotopic (exact) mass is 385 g/mol. The summed E-state index contributed by atoms with van der Waals surface area (Å²) in [4.78, 5) is 23.1. The summed E-state index contributed by atoms with van der Waals surface area (Å²) in [5.74, 6) is -1.32. The van der Waals surface area contributed by atoms with E-state index in [0.717, 1.165) is 16.7 Å². The van der Waals surface area contributed by atoms with Gasteiger partial charge in [0.15, 0.2) is 6.10 Å². The third kappa shape index (κ3) is 7.04. The Morgan fingerprint density at radius 2 is 1.57 bits per heavy atom. The Balaban J connectivity index is 2.10. The van der Waals surface area contributed by atoms with Gasteiger partial charge in [-0.2, -0.15) is 0 Å². The van der Waals surface area contributed by atoms with Crippen molar-refractivity contribution in [3.8, 4) is 11.1 Å². The molecule has 28 heavy (non-hydrogen) atoms. The minimum Gasteiger partial charge on any atom is -0.479 e. The van der Waals surface area contributed by atoms with Crippen LogP contribution in [-0.4, -0.2) is 40.0 Å². The molecule has 0 bridgehead atoms. The molecule has 2 aromatic rings. The molecule has 0 spiro atoms. The fourth-order valence-corrected chi connectivity index (χ4v) is 2.79. The molecule has 6 heteroatoms. The lowest BCUT2D eigenvalue weighted by molar-refractivity contribution is -0.147. The lowest BCUT2D eigenvalue weighted by Gasteiger charge is -2.24. The molecule has 2 atom stereocenters. The fourth-order valence-electron chi connectivity index (χ4n) is 2.79. The van der Waals surface area contributed by atoms with E-state index in [-0.39, 0.29) is 6.42 Å². The van der Waals surface area contributed by atoms with E-state index in [2.05, 4.69) is 5.32 Å². The fraction of sp³-hybridized carbons (Fsp3) is 0.364. The van der Waals surface area contributed by atoms with Gasteiger partial charge < -0.3 is 20.3 Å². The van der Waals surface area contributed by atoms with E-state index in [1.807, 2.05) is 54.6 Å². The highest BCUT2D eigenvalue weighted by molar-refractivity contribution is 5.72. The van der Waals surface area contributed by atoms with Crippen LogP contribution in [0.15, 0.2) is 54.6 Å². The van der Waals surface area contributed by atoms with E-state index in [9.17, 15) is 14.7 Å². The Kier molecular flexibility index (Phi) is 7.18. The zero-order chi connectivity index (χ0) is 20.7. The van der Waals surface area contributed by atoms with Gasteiger partial charge in [0.25, 0.3) is 0 Å². The number of carboxylic acid groups (broad SMARTS) is 1. The molecule has 150 valence electrons. The number of benzene rings is 2. The van der Waals surface area contributed by atoms with Crippen molar-refractivity contribution in [2.75, 3.05) is 0 Å². The van der Waals surface area contributed by atoms with Gasteiger partial charge >= 0.3 is 12.1 Å². The number of amides is 1. The lowest BCUT2D eigenvalue weighted by atomic mass is 9.98. The number of alkyl carbamates (subject to hydrolysis) is 1. The molecule has 0 fully saturated rings. The molecule has 0 saturated heterocycles. The topological polar surface area (TPSA) is 95.9 Å². The molecule has 0 heterocycles. The molecular weight excluding hydrogens is 358 g/mol. The number of hydrogen-bond donors (Lipinski definition) is 3. The summed E-state index contributed by atoms with van der Waals surface area (Å²) >= 11 is 0. The maximum absolute atomic E-state index is 12.1. The van der Waals surface area contributed by atoms with Gasteiger partial charge in [0.1, 0.15) is 5.60 Å². The van der Waals surface area contributed by atoms with Crippen LogP contribution in [0.5, 0.6) is 0 Å². The highest BCUT2D eigenvalue weighted by Crippen LogP contribution is 2.20. The summed E-state index contributed by atoms with van der Waals surface area (Å²) in [7, 11) is 0. The zero-order valence-corrected chi connectivity index (χ0v) is 16.4. The second-order valence-corrected chi connectivity index (χ2v) is 7.70. The number of hydrogen-bond acceptors (Lipinski definition) is 4. The molecule has 2 rings (SSSR count). The average molecular weight is 385 g/mol. The first-order valence-corrected chi connectivity index (χ1v) is 9.19. The third-order valence-corrected chi connectivity index (χ3v) is 4.06. The van der Waals surface area contributed by atoms with Crippen molar-refractivity contribution < 1.29 is 24.5 Å². The summed E-state index contributed by atoms with van der Waals surface area (Å²) in [6.45, 7) is 5.24. The van der Waals surface area contributed by atoms with Crippen molar-refractivity contribution in [3.63, 3.8) is 0 Å². The molecular formula is C22H27NO5. The molecule has 1 amide bonds. The van der Waals surface area contributed by atoms with Gasteiger partial charge in [-0.3, -0.25) is 0 Å². The van der Waals surface area contributed by atoms with Gasteiger partial charge in [-0.15, -0.1) is 0 Å². The Labute approximate surface area is 165 Å². The van der Waals surface area contributed by atoms with Gasteiger partial charge in [-0.05, 0) is 43.9 Å². The maximum atomic E-state index is 12.1. The summed E-state index contributed by atoms with van der Waals surface area (Å²) in [5, 5.41) is 21.4. The van der Waals surface area contributed by atoms with E-state index in [1.54, 1.807) is 20.8 Å². The predicted octanol–water partition coefficient (Wildman–Crippen LogP) is 3.63. The standard InChI is InChI=1S/C22H27NO5/c1-22(2,3)28-21(27)23-18(14-19(24)20(25)26)13-15-9-11-17(12-10-15)16-7-5-4-6-8-16/h4-12,18-19,24H,13-14H2,1-3H3,(H,23,27)(H,25,26). The first kappa shape index (κ1) is 21.4. The first-order valence-electron chi connectivity index (χ1n) is 9.19. The zero-order valence-electron chi connectivity index (χ0n) is 16.4. The number of carbonyl (C=O) groups is 2. The maximum Gasteiger partial charge on any atom is 0.407 e. The molecule has 0 aliphatic rings. The molecule has 6 nitrogen and oxygen atoms in total. The van der Waals surface area contributed by atoms with Crippen molar-refractivity contribution >= 4 is 12.1 Å². The highest BCUT2D eigenvalue weighted by Gasteiger charge is 2.24. The van der Waals surface area contributed by atoms with Crippen LogP contribution in [0.3, 0.4) is 0 Å². The molecule has 3 N–H and O–H groups in total. The predicted molar refractivity (Wildman–Crippen MR) is 107 cm³/mol. The number of rotatable bonds is 7. The molecule has 0 radical (unpaired) electrons. The van der Waals surface area contributed by atoms with Gasteiger partial charge in [0.2, 0.25) is 0 Å². The van der Waals surface area contributed by atoms with Crippen LogP contribution in [0.4, 0.5) is 4.79 Å². The van der Waals surface area contributed by atoms with Crippen LogP contribution in [0, 0.1) is 0 Å². The molecule has 0 aromatic heterocycles. The second-order valence-electron chi connectivity index (χ2n) is 7.70. The van der Waals surface area contributed by atoms with E-state index in [0.29, 0.717) is 6.42 Å². The van der Waals surface area contributed by atoms with Crippen LogP contribution >= 0.6 is 0 Å². The Morgan fingerprint density at radius 3 is 2.11 bits per heavy atom. The molecule has 2 aromatic carbocycles. The van der Waals surface area contributed by atoms with Crippen molar-refractivity contribution in [2.24, 2.45) is 0 Å². The normalized spacial score (nSPS) is 13.4. The highest BCUT2D eigenvalue weighted by atomic mass is 16.6. The summed E-state index contributed by atoms with van der Waals surface area (Å²) < 4.78 is 5.25. The Bertz CT molecular complexity index is 781. The molecule has 2 unspecified atom stereocenters. The second kappa shape index (κ2) is 9.37. The number of nitrogens with one attached hydrogen (secondary N) is 1. The smallest absolute Gasteiger partial charge is 0.407 e. The van der Waals surface area contributed by atoms with Crippen molar-refractivity contribution in [1.82, 2.24) is 5.32 Å². The van der Waals surface area contributed by atoms with Crippen molar-refractivity contribution in [1.29, 1.82) is 0 Å². The van der Waals surface area contributed by atoms with Crippen LogP contribution in [0.1, 0.15) is 32.8 Å². The van der Waals surface area contributed by atoms with Crippen LogP contribution in [0.2, 0.25) is 0 Å². The van der Waals surface area contributed by atoms with E-state index >= 15 is 0 Å². The van der Waals surface area contributed by atoms with Crippen molar-refractivity contribution in [2.45, 2.75) is 51.4 Å². The summed E-state index contributed by atoms with van der Waals surface area (Å²) in [6.07, 6.45) is -1.95. The van der Waals surface area contributed by atoms with Gasteiger partial charge in [-0.1, -0.05) is 54.6 Å². The Morgan fingerprint density at radius 1 is 1.00 bits per heavy atom. The number of aliphatic carboxylic acids is 1. The van der Waals surface area contributed by atoms with E-state index in [4.69, 9.17) is 9.84 Å². The molecule has 0 saturated carbocycles. The van der Waals surface area contributed by atoms with Crippen molar-refractivity contribution in [3.05, 3.63) is 60.2 Å². The van der Waals surface area contributed by atoms with Crippen LogP contribution in [-0.2, 0) is 16.0 Å². The van der Waals surface area contributed by atoms with Gasteiger partial charge in [0.05, 0.1) is 0 Å². The molecule has 0 aliphatic carbocycles. The summed E-state index contributed by atoms with van der Waals surface area (Å²) in [5.41, 5.74) is 2.40. The number of aliphatic hydroxyl groups excluding tert-OH is 1. The minimum atomic E-state index is -1.57. The van der Waals surface area contributed by atoms with Gasteiger partial charge in [-0.25, -0.2) is 9.59 Å². The van der Waals surface area contributed by atoms with Crippen LogP contribution < -0.4 is 5.32 Å². The average Bonchev–Trinajstić information content (AvgIpc) is 2.61. The minimum absolute atomic E-state index is 0.116. The van der Waals surface area contributed by atoms with Crippen LogP contribution in [0.25, 0.3) is 11.1 Å². The third-order valence-electron chi connectivity index (χ3n) is 4.06. The number of carbonyl (C=O) groups excluding carboxylic acids is 1. The largest absolute Gasteiger partial charge is 0.479 e. The molecule has 0 aliphatic heterocycles. The Hall–Kier alpha value is -2.86.